The maximum Gasteiger partial charge on any atom is 0.161 e. The van der Waals surface area contributed by atoms with Crippen molar-refractivity contribution in [1.29, 1.82) is 0 Å². The molecule has 4 rings (SSSR count). The second-order valence-corrected chi connectivity index (χ2v) is 8.47. The molecule has 1 N–H and O–H groups in total. The molecule has 180 valence electrons. The molecule has 6 heteroatoms. The summed E-state index contributed by atoms with van der Waals surface area (Å²) in [6.45, 7) is 2.18. The SMILES string of the molecule is COc1ccc([C@@H]2Cc3cc(OC)c(OC)cc3[C@@H](C)N2[C@H](CO)c2ccccc2)cc1OC. The van der Waals surface area contributed by atoms with Crippen molar-refractivity contribution in [1.82, 2.24) is 4.90 Å². The third-order valence-corrected chi connectivity index (χ3v) is 6.83. The van der Waals surface area contributed by atoms with E-state index >= 15 is 0 Å². The maximum absolute atomic E-state index is 10.6. The minimum absolute atomic E-state index is 0.000760. The zero-order chi connectivity index (χ0) is 24.2. The third-order valence-electron chi connectivity index (χ3n) is 6.83. The lowest BCUT2D eigenvalue weighted by Gasteiger charge is -2.46. The first-order chi connectivity index (χ1) is 16.6. The molecule has 1 aliphatic rings. The summed E-state index contributed by atoms with van der Waals surface area (Å²) < 4.78 is 22.3. The van der Waals surface area contributed by atoms with Crippen LogP contribution in [-0.2, 0) is 6.42 Å². The maximum atomic E-state index is 10.6. The molecule has 0 unspecified atom stereocenters. The smallest absolute Gasteiger partial charge is 0.161 e. The van der Waals surface area contributed by atoms with Gasteiger partial charge < -0.3 is 24.1 Å². The molecule has 0 bridgehead atoms. The second-order valence-electron chi connectivity index (χ2n) is 8.47. The van der Waals surface area contributed by atoms with Gasteiger partial charge in [-0.1, -0.05) is 36.4 Å². The van der Waals surface area contributed by atoms with Crippen LogP contribution in [0.2, 0.25) is 0 Å². The second kappa shape index (κ2) is 10.4. The van der Waals surface area contributed by atoms with Crippen LogP contribution in [0.5, 0.6) is 23.0 Å². The van der Waals surface area contributed by atoms with Crippen LogP contribution < -0.4 is 18.9 Å². The van der Waals surface area contributed by atoms with Crippen LogP contribution >= 0.6 is 0 Å². The van der Waals surface area contributed by atoms with E-state index in [1.54, 1.807) is 28.4 Å². The summed E-state index contributed by atoms with van der Waals surface area (Å²) in [6.07, 6.45) is 0.749. The van der Waals surface area contributed by atoms with Crippen molar-refractivity contribution in [3.05, 3.63) is 82.9 Å². The van der Waals surface area contributed by atoms with E-state index in [-0.39, 0.29) is 24.7 Å². The third kappa shape index (κ3) is 4.31. The van der Waals surface area contributed by atoms with Crippen molar-refractivity contribution in [2.45, 2.75) is 31.5 Å². The molecule has 0 fully saturated rings. The van der Waals surface area contributed by atoms with Crippen molar-refractivity contribution >= 4 is 0 Å². The molecule has 1 heterocycles. The van der Waals surface area contributed by atoms with E-state index in [9.17, 15) is 5.11 Å². The molecule has 0 saturated carbocycles. The van der Waals surface area contributed by atoms with Gasteiger partial charge in [-0.25, -0.2) is 0 Å². The van der Waals surface area contributed by atoms with Gasteiger partial charge in [0.05, 0.1) is 41.1 Å². The molecular formula is C28H33NO5. The Labute approximate surface area is 201 Å². The Kier molecular flexibility index (Phi) is 7.29. The van der Waals surface area contributed by atoms with Crippen LogP contribution in [0.25, 0.3) is 0 Å². The van der Waals surface area contributed by atoms with Crippen molar-refractivity contribution in [3.63, 3.8) is 0 Å². The first kappa shape index (κ1) is 23.9. The van der Waals surface area contributed by atoms with Crippen LogP contribution in [0.15, 0.2) is 60.7 Å². The van der Waals surface area contributed by atoms with Gasteiger partial charge in [-0.2, -0.15) is 0 Å². The Balaban J connectivity index is 1.88. The van der Waals surface area contributed by atoms with Crippen LogP contribution in [-0.4, -0.2) is 45.1 Å². The van der Waals surface area contributed by atoms with Gasteiger partial charge in [-0.15, -0.1) is 0 Å². The first-order valence-electron chi connectivity index (χ1n) is 11.5. The van der Waals surface area contributed by atoms with Gasteiger partial charge in [0, 0.05) is 12.1 Å². The average molecular weight is 464 g/mol. The number of aliphatic hydroxyl groups excluding tert-OH is 1. The molecule has 0 aliphatic carbocycles. The first-order valence-corrected chi connectivity index (χ1v) is 11.5. The number of hydrogen-bond acceptors (Lipinski definition) is 6. The van der Waals surface area contributed by atoms with Gasteiger partial charge in [-0.05, 0) is 59.9 Å². The number of rotatable bonds is 8. The van der Waals surface area contributed by atoms with E-state index in [0.29, 0.717) is 17.2 Å². The Morgan fingerprint density at radius 1 is 0.824 bits per heavy atom. The van der Waals surface area contributed by atoms with E-state index in [1.807, 2.05) is 30.3 Å². The lowest BCUT2D eigenvalue weighted by molar-refractivity contribution is 0.0360. The van der Waals surface area contributed by atoms with Gasteiger partial charge in [0.1, 0.15) is 0 Å². The lowest BCUT2D eigenvalue weighted by atomic mass is 9.83. The highest BCUT2D eigenvalue weighted by molar-refractivity contribution is 5.51. The summed E-state index contributed by atoms with van der Waals surface area (Å²) in [4.78, 5) is 2.39. The van der Waals surface area contributed by atoms with E-state index in [2.05, 4.69) is 42.2 Å². The average Bonchev–Trinajstić information content (AvgIpc) is 2.89. The summed E-state index contributed by atoms with van der Waals surface area (Å²) in [7, 11) is 6.60. The molecule has 34 heavy (non-hydrogen) atoms. The van der Waals surface area contributed by atoms with E-state index in [1.165, 1.54) is 11.1 Å². The zero-order valence-electron chi connectivity index (χ0n) is 20.4. The highest BCUT2D eigenvalue weighted by atomic mass is 16.5. The van der Waals surface area contributed by atoms with E-state index < -0.39 is 0 Å². The highest BCUT2D eigenvalue weighted by Crippen LogP contribution is 2.48. The van der Waals surface area contributed by atoms with Gasteiger partial charge >= 0.3 is 0 Å². The molecule has 6 nitrogen and oxygen atoms in total. The van der Waals surface area contributed by atoms with Crippen molar-refractivity contribution < 1.29 is 24.1 Å². The minimum Gasteiger partial charge on any atom is -0.493 e. The van der Waals surface area contributed by atoms with E-state index in [4.69, 9.17) is 18.9 Å². The fourth-order valence-corrected chi connectivity index (χ4v) is 5.13. The van der Waals surface area contributed by atoms with Gasteiger partial charge in [0.25, 0.3) is 0 Å². The summed E-state index contributed by atoms with van der Waals surface area (Å²) in [6, 6.07) is 20.2. The largest absolute Gasteiger partial charge is 0.493 e. The number of methoxy groups -OCH3 is 4. The molecule has 0 spiro atoms. The number of hydrogen-bond donors (Lipinski definition) is 1. The highest BCUT2D eigenvalue weighted by Gasteiger charge is 2.38. The number of benzene rings is 3. The molecular weight excluding hydrogens is 430 g/mol. The van der Waals surface area contributed by atoms with Gasteiger partial charge in [0.15, 0.2) is 23.0 Å². The summed E-state index contributed by atoms with van der Waals surface area (Å²) in [5, 5.41) is 10.6. The lowest BCUT2D eigenvalue weighted by Crippen LogP contribution is -2.41. The Bertz CT molecular complexity index is 1120. The monoisotopic (exact) mass is 463 g/mol. The molecule has 0 aromatic heterocycles. The van der Waals surface area contributed by atoms with Crippen LogP contribution in [0.4, 0.5) is 0 Å². The summed E-state index contributed by atoms with van der Waals surface area (Å²) in [5.74, 6) is 2.80. The van der Waals surface area contributed by atoms with E-state index in [0.717, 1.165) is 23.3 Å². The van der Waals surface area contributed by atoms with Gasteiger partial charge in [0.2, 0.25) is 0 Å². The van der Waals surface area contributed by atoms with Crippen molar-refractivity contribution in [2.75, 3.05) is 35.0 Å². The number of nitrogens with zero attached hydrogens (tertiary/aromatic N) is 1. The normalized spacial score (nSPS) is 18.6. The van der Waals surface area contributed by atoms with Gasteiger partial charge in [-0.3, -0.25) is 4.90 Å². The Morgan fingerprint density at radius 2 is 1.44 bits per heavy atom. The molecule has 0 saturated heterocycles. The molecule has 3 aromatic carbocycles. The molecule has 0 radical (unpaired) electrons. The quantitative estimate of drug-likeness (QED) is 0.501. The number of fused-ring (bicyclic) bond motifs is 1. The predicted octanol–water partition coefficient (Wildman–Crippen LogP) is 5.12. The minimum atomic E-state index is -0.185. The fourth-order valence-electron chi connectivity index (χ4n) is 5.13. The number of aliphatic hydroxyl groups is 1. The Hall–Kier alpha value is -3.22. The molecule has 3 atom stereocenters. The standard InChI is InChI=1S/C28H33NO5/c1-18-22-16-28(34-5)27(33-4)15-21(22)13-23(20-11-12-25(31-2)26(14-20)32-3)29(18)24(17-30)19-9-7-6-8-10-19/h6-12,14-16,18,23-24,30H,13,17H2,1-5H3/t18-,23+,24-/m1/s1. The fraction of sp³-hybridized carbons (Fsp3) is 0.357. The summed E-state index contributed by atoms with van der Waals surface area (Å²) >= 11 is 0. The molecule has 3 aromatic rings. The zero-order valence-corrected chi connectivity index (χ0v) is 20.4. The van der Waals surface area contributed by atoms with Crippen LogP contribution in [0.1, 0.15) is 47.3 Å². The predicted molar refractivity (Wildman–Crippen MR) is 132 cm³/mol. The molecule has 0 amide bonds. The van der Waals surface area contributed by atoms with Crippen LogP contribution in [0, 0.1) is 0 Å². The topological polar surface area (TPSA) is 60.4 Å². The van der Waals surface area contributed by atoms with Crippen molar-refractivity contribution in [3.8, 4) is 23.0 Å². The summed E-state index contributed by atoms with van der Waals surface area (Å²) in [5.41, 5.74) is 4.54. The molecule has 1 aliphatic heterocycles. The van der Waals surface area contributed by atoms with Crippen molar-refractivity contribution in [2.24, 2.45) is 0 Å². The Morgan fingerprint density at radius 3 is 2.06 bits per heavy atom. The number of ether oxygens (including phenoxy) is 4. The van der Waals surface area contributed by atoms with Crippen LogP contribution in [0.3, 0.4) is 0 Å².